The molecule has 0 spiro atoms. The van der Waals surface area contributed by atoms with Crippen molar-refractivity contribution in [1.29, 1.82) is 0 Å². The van der Waals surface area contributed by atoms with Crippen LogP contribution in [0.15, 0.2) is 36.4 Å². The zero-order valence-corrected chi connectivity index (χ0v) is 25.1. The van der Waals surface area contributed by atoms with Gasteiger partial charge in [0.05, 0.1) is 12.5 Å². The van der Waals surface area contributed by atoms with E-state index in [0.717, 1.165) is 6.42 Å². The minimum atomic E-state index is -1.24. The largest absolute Gasteiger partial charge is 0.462 e. The van der Waals surface area contributed by atoms with E-state index in [9.17, 15) is 22.4 Å². The first-order valence-electron chi connectivity index (χ1n) is 15.9. The molecule has 1 saturated heterocycles. The summed E-state index contributed by atoms with van der Waals surface area (Å²) in [7, 11) is 0. The number of hydrogen-bond donors (Lipinski definition) is 0. The van der Waals surface area contributed by atoms with Gasteiger partial charge in [0.15, 0.2) is 34.9 Å². The number of esters is 1. The van der Waals surface area contributed by atoms with Gasteiger partial charge in [-0.2, -0.15) is 0 Å². The van der Waals surface area contributed by atoms with Crippen molar-refractivity contribution >= 4 is 5.97 Å². The Bertz CT molecular complexity index is 1570. The second-order valence-electron chi connectivity index (χ2n) is 12.6. The minimum absolute atomic E-state index is 0.0546. The van der Waals surface area contributed by atoms with Crippen molar-refractivity contribution in [1.82, 2.24) is 0 Å². The summed E-state index contributed by atoms with van der Waals surface area (Å²) in [5.74, 6) is -7.33. The molecule has 2 aliphatic carbocycles. The predicted octanol–water partition coefficient (Wildman–Crippen LogP) is 9.76. The lowest BCUT2D eigenvalue weighted by Crippen LogP contribution is -2.30. The van der Waals surface area contributed by atoms with Gasteiger partial charge in [-0.15, -0.1) is 0 Å². The van der Waals surface area contributed by atoms with E-state index in [-0.39, 0.29) is 58.7 Å². The van der Waals surface area contributed by atoms with Gasteiger partial charge in [0.2, 0.25) is 0 Å². The third-order valence-electron chi connectivity index (χ3n) is 9.80. The highest BCUT2D eigenvalue weighted by atomic mass is 19.2. The second kappa shape index (κ2) is 13.2. The van der Waals surface area contributed by atoms with E-state index in [1.54, 1.807) is 12.1 Å². The van der Waals surface area contributed by atoms with Crippen LogP contribution in [-0.4, -0.2) is 18.7 Å². The molecule has 0 radical (unpaired) electrons. The van der Waals surface area contributed by atoms with Gasteiger partial charge in [-0.25, -0.2) is 26.3 Å². The van der Waals surface area contributed by atoms with Crippen molar-refractivity contribution in [2.75, 3.05) is 6.61 Å². The van der Waals surface area contributed by atoms with E-state index in [2.05, 4.69) is 0 Å². The summed E-state index contributed by atoms with van der Waals surface area (Å²) in [6.45, 7) is 2.20. The molecule has 3 nitrogen and oxygen atoms in total. The number of carbonyl (C=O) groups is 1. The summed E-state index contributed by atoms with van der Waals surface area (Å²) in [6, 6.07) is 8.60. The first kappa shape index (κ1) is 31.6. The summed E-state index contributed by atoms with van der Waals surface area (Å²) < 4.78 is 99.7. The topological polar surface area (TPSA) is 38.8 Å². The van der Waals surface area contributed by atoms with Gasteiger partial charge in [-0.05, 0) is 86.3 Å². The normalized spacial score (nSPS) is 24.8. The monoisotopic (exact) mass is 630 g/mol. The minimum Gasteiger partial charge on any atom is -0.462 e. The van der Waals surface area contributed by atoms with Crippen molar-refractivity contribution < 1.29 is 40.6 Å². The van der Waals surface area contributed by atoms with Crippen molar-refractivity contribution in [2.45, 2.75) is 95.2 Å². The van der Waals surface area contributed by atoms with Crippen LogP contribution in [0.4, 0.5) is 26.3 Å². The number of rotatable bonds is 8. The van der Waals surface area contributed by atoms with E-state index >= 15 is 8.78 Å². The number of carbonyl (C=O) groups excluding carboxylic acids is 1. The van der Waals surface area contributed by atoms with Crippen LogP contribution in [0.5, 0.6) is 0 Å². The Kier molecular flexibility index (Phi) is 9.27. The van der Waals surface area contributed by atoms with Crippen molar-refractivity contribution in [3.8, 4) is 11.1 Å². The third-order valence-corrected chi connectivity index (χ3v) is 9.80. The first-order valence-corrected chi connectivity index (χ1v) is 15.9. The molecule has 0 N–H and O–H groups in total. The van der Waals surface area contributed by atoms with Crippen molar-refractivity contribution in [3.05, 3.63) is 93.6 Å². The maximum absolute atomic E-state index is 15.2. The maximum atomic E-state index is 15.2. The number of benzene rings is 3. The smallest absolute Gasteiger partial charge is 0.309 e. The lowest BCUT2D eigenvalue weighted by Gasteiger charge is -2.32. The lowest BCUT2D eigenvalue weighted by atomic mass is 9.78. The highest BCUT2D eigenvalue weighted by Gasteiger charge is 2.34. The fraction of sp³-hybridized carbons (Fsp3) is 0.472. The fourth-order valence-corrected chi connectivity index (χ4v) is 7.11. The molecule has 2 saturated carbocycles. The Labute approximate surface area is 258 Å². The second-order valence-corrected chi connectivity index (χ2v) is 12.6. The van der Waals surface area contributed by atoms with Crippen LogP contribution >= 0.6 is 0 Å². The molecule has 240 valence electrons. The standard InChI is InChI=1S/C36H36F6O3/c1-2-3-21-10-13-24(31(38)30(21)37)19-4-6-22(7-5-19)36(43)45-23-11-8-20(9-12-23)25-14-15-26(33(40)32(25)39)27-16-17-28(29-18-44-29)35(42)34(27)41/h10,13-17,19-20,22-23,29H,2-9,11-12,18H2,1H3. The van der Waals surface area contributed by atoms with Crippen LogP contribution in [0.3, 0.4) is 0 Å². The molecule has 6 rings (SSSR count). The average Bonchev–Trinajstić information content (AvgIpc) is 3.89. The zero-order chi connectivity index (χ0) is 31.8. The molecule has 3 aromatic rings. The maximum Gasteiger partial charge on any atom is 0.309 e. The molecular weight excluding hydrogens is 594 g/mol. The van der Waals surface area contributed by atoms with Crippen LogP contribution in [0.1, 0.15) is 105 Å². The Morgan fingerprint density at radius 2 is 1.16 bits per heavy atom. The molecule has 0 bridgehead atoms. The molecule has 3 aliphatic rings. The SMILES string of the molecule is CCCc1ccc(C2CCC(C(=O)OC3CCC(c4ccc(-c5ccc(C6CO6)c(F)c5F)c(F)c4F)CC3)CC2)c(F)c1F. The van der Waals surface area contributed by atoms with Crippen LogP contribution in [0, 0.1) is 40.8 Å². The Morgan fingerprint density at radius 1 is 0.667 bits per heavy atom. The summed E-state index contributed by atoms with van der Waals surface area (Å²) in [6.07, 6.45) is 4.42. The molecule has 1 unspecified atom stereocenters. The van der Waals surface area contributed by atoms with E-state index in [4.69, 9.17) is 9.47 Å². The van der Waals surface area contributed by atoms with Gasteiger partial charge in [0.1, 0.15) is 12.2 Å². The van der Waals surface area contributed by atoms with Crippen LogP contribution in [0.2, 0.25) is 0 Å². The van der Waals surface area contributed by atoms with Gasteiger partial charge in [-0.3, -0.25) is 4.79 Å². The van der Waals surface area contributed by atoms with Gasteiger partial charge in [-0.1, -0.05) is 49.7 Å². The van der Waals surface area contributed by atoms with Gasteiger partial charge < -0.3 is 9.47 Å². The van der Waals surface area contributed by atoms with E-state index < -0.39 is 41.0 Å². The molecule has 3 fully saturated rings. The Hall–Kier alpha value is -3.33. The molecule has 9 heteroatoms. The van der Waals surface area contributed by atoms with Crippen LogP contribution in [-0.2, 0) is 20.7 Å². The molecule has 1 atom stereocenters. The van der Waals surface area contributed by atoms with Crippen LogP contribution in [0.25, 0.3) is 11.1 Å². The third kappa shape index (κ3) is 6.38. The summed E-state index contributed by atoms with van der Waals surface area (Å²) in [5, 5.41) is 0. The van der Waals surface area contributed by atoms with Gasteiger partial charge in [0, 0.05) is 16.7 Å². The molecule has 0 amide bonds. The molecular formula is C36H36F6O3. The number of epoxide rings is 1. The summed E-state index contributed by atoms with van der Waals surface area (Å²) >= 11 is 0. The van der Waals surface area contributed by atoms with Crippen molar-refractivity contribution in [3.63, 3.8) is 0 Å². The highest BCUT2D eigenvalue weighted by Crippen LogP contribution is 2.42. The molecule has 1 heterocycles. The van der Waals surface area contributed by atoms with Gasteiger partial charge in [0.25, 0.3) is 0 Å². The summed E-state index contributed by atoms with van der Waals surface area (Å²) in [5.41, 5.74) is 0.260. The number of halogens is 6. The summed E-state index contributed by atoms with van der Waals surface area (Å²) in [4.78, 5) is 13.0. The average molecular weight is 631 g/mol. The Morgan fingerprint density at radius 3 is 1.71 bits per heavy atom. The van der Waals surface area contributed by atoms with Gasteiger partial charge >= 0.3 is 5.97 Å². The van der Waals surface area contributed by atoms with Crippen molar-refractivity contribution in [2.24, 2.45) is 5.92 Å². The number of hydrogen-bond acceptors (Lipinski definition) is 3. The van der Waals surface area contributed by atoms with Crippen LogP contribution < -0.4 is 0 Å². The fourth-order valence-electron chi connectivity index (χ4n) is 7.11. The highest BCUT2D eigenvalue weighted by molar-refractivity contribution is 5.72. The molecule has 45 heavy (non-hydrogen) atoms. The quantitative estimate of drug-likeness (QED) is 0.141. The Balaban J connectivity index is 1.03. The molecule has 3 aromatic carbocycles. The predicted molar refractivity (Wildman–Crippen MR) is 157 cm³/mol. The van der Waals surface area contributed by atoms with E-state index in [0.29, 0.717) is 68.9 Å². The number of ether oxygens (including phenoxy) is 2. The molecule has 1 aliphatic heterocycles. The number of aryl methyl sites for hydroxylation is 1. The zero-order valence-electron chi connectivity index (χ0n) is 25.1. The lowest BCUT2D eigenvalue weighted by molar-refractivity contribution is -0.157. The van der Waals surface area contributed by atoms with E-state index in [1.807, 2.05) is 6.92 Å². The first-order chi connectivity index (χ1) is 21.7. The van der Waals surface area contributed by atoms with E-state index in [1.165, 1.54) is 24.3 Å². The molecule has 0 aromatic heterocycles.